The third-order valence-electron chi connectivity index (χ3n) is 3.88. The summed E-state index contributed by atoms with van der Waals surface area (Å²) in [5.74, 6) is 0.929. The Morgan fingerprint density at radius 1 is 1.25 bits per heavy atom. The molecular formula is C15H27N3O2. The lowest BCUT2D eigenvalue weighted by atomic mass is 9.94. The molecule has 3 amide bonds. The van der Waals surface area contributed by atoms with Crippen molar-refractivity contribution in [3.63, 3.8) is 0 Å². The van der Waals surface area contributed by atoms with Crippen LogP contribution in [0, 0.1) is 11.8 Å². The summed E-state index contributed by atoms with van der Waals surface area (Å²) >= 11 is 0. The minimum Gasteiger partial charge on any atom is -0.353 e. The van der Waals surface area contributed by atoms with Crippen molar-refractivity contribution >= 4 is 11.9 Å². The molecule has 0 aromatic carbocycles. The largest absolute Gasteiger partial charge is 0.353 e. The lowest BCUT2D eigenvalue weighted by molar-refractivity contribution is -0.122. The first kappa shape index (κ1) is 15.1. The Labute approximate surface area is 121 Å². The summed E-state index contributed by atoms with van der Waals surface area (Å²) in [5.41, 5.74) is 0. The van der Waals surface area contributed by atoms with Crippen molar-refractivity contribution in [3.05, 3.63) is 0 Å². The molecule has 2 aliphatic rings. The van der Waals surface area contributed by atoms with Crippen LogP contribution in [0.15, 0.2) is 0 Å². The number of urea groups is 1. The second-order valence-corrected chi connectivity index (χ2v) is 6.58. The Kier molecular flexibility index (Phi) is 5.26. The van der Waals surface area contributed by atoms with Crippen LogP contribution in [-0.2, 0) is 4.79 Å². The van der Waals surface area contributed by atoms with Gasteiger partial charge in [0.15, 0.2) is 0 Å². The van der Waals surface area contributed by atoms with E-state index in [1.165, 1.54) is 0 Å². The van der Waals surface area contributed by atoms with Crippen molar-refractivity contribution < 1.29 is 9.59 Å². The second-order valence-electron chi connectivity index (χ2n) is 6.58. The van der Waals surface area contributed by atoms with Crippen molar-refractivity contribution in [2.24, 2.45) is 11.8 Å². The van der Waals surface area contributed by atoms with Crippen LogP contribution in [0.3, 0.4) is 0 Å². The maximum Gasteiger partial charge on any atom is 0.317 e. The van der Waals surface area contributed by atoms with E-state index >= 15 is 0 Å². The third-order valence-corrected chi connectivity index (χ3v) is 3.88. The molecule has 20 heavy (non-hydrogen) atoms. The SMILES string of the molecule is CC(C)CNC(=O)N1CCCC(CC(=O)NC2CC2)C1. The van der Waals surface area contributed by atoms with Crippen molar-refractivity contribution in [1.29, 1.82) is 0 Å². The van der Waals surface area contributed by atoms with Gasteiger partial charge in [0.25, 0.3) is 0 Å². The maximum atomic E-state index is 12.0. The molecule has 1 aliphatic heterocycles. The van der Waals surface area contributed by atoms with Crippen molar-refractivity contribution in [1.82, 2.24) is 15.5 Å². The summed E-state index contributed by atoms with van der Waals surface area (Å²) in [6, 6.07) is 0.447. The molecule has 2 N–H and O–H groups in total. The molecule has 0 aromatic heterocycles. The molecule has 2 rings (SSSR count). The zero-order valence-electron chi connectivity index (χ0n) is 12.7. The van der Waals surface area contributed by atoms with Gasteiger partial charge in [0.05, 0.1) is 0 Å². The molecule has 0 spiro atoms. The first-order chi connectivity index (χ1) is 9.54. The van der Waals surface area contributed by atoms with E-state index in [4.69, 9.17) is 0 Å². The molecule has 0 aromatic rings. The van der Waals surface area contributed by atoms with E-state index in [0.29, 0.717) is 37.4 Å². The van der Waals surface area contributed by atoms with Crippen LogP contribution in [0.5, 0.6) is 0 Å². The van der Waals surface area contributed by atoms with Crippen LogP contribution in [0.2, 0.25) is 0 Å². The molecule has 1 aliphatic carbocycles. The van der Waals surface area contributed by atoms with Crippen LogP contribution in [0.1, 0.15) is 46.0 Å². The molecule has 2 fully saturated rings. The van der Waals surface area contributed by atoms with E-state index in [-0.39, 0.29) is 11.9 Å². The quantitative estimate of drug-likeness (QED) is 0.806. The molecule has 1 unspecified atom stereocenters. The van der Waals surface area contributed by atoms with E-state index in [0.717, 1.165) is 32.2 Å². The zero-order valence-corrected chi connectivity index (χ0v) is 12.7. The van der Waals surface area contributed by atoms with Crippen LogP contribution in [0.4, 0.5) is 4.79 Å². The molecule has 114 valence electrons. The fourth-order valence-corrected chi connectivity index (χ4v) is 2.60. The molecule has 5 nitrogen and oxygen atoms in total. The molecule has 1 saturated heterocycles. The Hall–Kier alpha value is -1.26. The Morgan fingerprint density at radius 2 is 2.00 bits per heavy atom. The summed E-state index contributed by atoms with van der Waals surface area (Å²) in [7, 11) is 0. The van der Waals surface area contributed by atoms with E-state index < -0.39 is 0 Å². The zero-order chi connectivity index (χ0) is 14.5. The van der Waals surface area contributed by atoms with Gasteiger partial charge in [0.1, 0.15) is 0 Å². The highest BCUT2D eigenvalue weighted by atomic mass is 16.2. The van der Waals surface area contributed by atoms with Crippen LogP contribution in [-0.4, -0.2) is 42.5 Å². The molecule has 1 heterocycles. The van der Waals surface area contributed by atoms with Gasteiger partial charge in [-0.2, -0.15) is 0 Å². The molecular weight excluding hydrogens is 254 g/mol. The monoisotopic (exact) mass is 281 g/mol. The number of likely N-dealkylation sites (tertiary alicyclic amines) is 1. The highest BCUT2D eigenvalue weighted by Gasteiger charge is 2.28. The number of nitrogens with zero attached hydrogens (tertiary/aromatic N) is 1. The normalized spacial score (nSPS) is 22.8. The number of carbonyl (C=O) groups is 2. The van der Waals surface area contributed by atoms with E-state index in [2.05, 4.69) is 24.5 Å². The predicted octanol–water partition coefficient (Wildman–Crippen LogP) is 1.73. The van der Waals surface area contributed by atoms with E-state index in [9.17, 15) is 9.59 Å². The minimum absolute atomic E-state index is 0.0194. The average Bonchev–Trinajstić information content (AvgIpc) is 3.19. The van der Waals surface area contributed by atoms with Crippen LogP contribution >= 0.6 is 0 Å². The minimum atomic E-state index is 0.0194. The summed E-state index contributed by atoms with van der Waals surface area (Å²) in [4.78, 5) is 25.7. The van der Waals surface area contributed by atoms with E-state index in [1.807, 2.05) is 4.90 Å². The number of carbonyl (C=O) groups excluding carboxylic acids is 2. The van der Waals surface area contributed by atoms with Gasteiger partial charge in [-0.15, -0.1) is 0 Å². The van der Waals surface area contributed by atoms with Crippen LogP contribution < -0.4 is 10.6 Å². The lowest BCUT2D eigenvalue weighted by Gasteiger charge is -2.32. The van der Waals surface area contributed by atoms with Crippen LogP contribution in [0.25, 0.3) is 0 Å². The van der Waals surface area contributed by atoms with Crippen molar-refractivity contribution in [3.8, 4) is 0 Å². The lowest BCUT2D eigenvalue weighted by Crippen LogP contribution is -2.47. The first-order valence-electron chi connectivity index (χ1n) is 7.86. The standard InChI is InChI=1S/C15H27N3O2/c1-11(2)9-16-15(20)18-7-3-4-12(10-18)8-14(19)17-13-5-6-13/h11-13H,3-10H2,1-2H3,(H,16,20)(H,17,19). The second kappa shape index (κ2) is 6.95. The van der Waals surface area contributed by atoms with Gasteiger partial charge in [0, 0.05) is 32.1 Å². The average molecular weight is 281 g/mol. The molecule has 0 bridgehead atoms. The van der Waals surface area contributed by atoms with Crippen molar-refractivity contribution in [2.75, 3.05) is 19.6 Å². The number of hydrogen-bond acceptors (Lipinski definition) is 2. The fourth-order valence-electron chi connectivity index (χ4n) is 2.60. The number of rotatable bonds is 5. The molecule has 1 saturated carbocycles. The van der Waals surface area contributed by atoms with Gasteiger partial charge in [-0.1, -0.05) is 13.8 Å². The van der Waals surface area contributed by atoms with Gasteiger partial charge in [-0.3, -0.25) is 4.79 Å². The topological polar surface area (TPSA) is 61.4 Å². The van der Waals surface area contributed by atoms with Gasteiger partial charge in [-0.25, -0.2) is 4.79 Å². The highest BCUT2D eigenvalue weighted by molar-refractivity contribution is 5.77. The fraction of sp³-hybridized carbons (Fsp3) is 0.867. The first-order valence-corrected chi connectivity index (χ1v) is 7.86. The van der Waals surface area contributed by atoms with Gasteiger partial charge in [0.2, 0.25) is 5.91 Å². The molecule has 5 heteroatoms. The molecule has 1 atom stereocenters. The van der Waals surface area contributed by atoms with Gasteiger partial charge >= 0.3 is 6.03 Å². The number of piperidine rings is 1. The Balaban J connectivity index is 1.72. The maximum absolute atomic E-state index is 12.0. The summed E-state index contributed by atoms with van der Waals surface area (Å²) in [6.07, 6.45) is 4.85. The highest BCUT2D eigenvalue weighted by Crippen LogP contribution is 2.22. The number of nitrogens with one attached hydrogen (secondary N) is 2. The number of hydrogen-bond donors (Lipinski definition) is 2. The Morgan fingerprint density at radius 3 is 2.65 bits per heavy atom. The van der Waals surface area contributed by atoms with Crippen molar-refractivity contribution in [2.45, 2.75) is 52.0 Å². The summed E-state index contributed by atoms with van der Waals surface area (Å²) in [5, 5.41) is 5.98. The smallest absolute Gasteiger partial charge is 0.317 e. The van der Waals surface area contributed by atoms with E-state index in [1.54, 1.807) is 0 Å². The summed E-state index contributed by atoms with van der Waals surface area (Å²) < 4.78 is 0. The van der Waals surface area contributed by atoms with Gasteiger partial charge in [-0.05, 0) is 37.5 Å². The summed E-state index contributed by atoms with van der Waals surface area (Å²) in [6.45, 7) is 6.40. The third kappa shape index (κ3) is 5.02. The number of amides is 3. The predicted molar refractivity (Wildman–Crippen MR) is 78.3 cm³/mol. The van der Waals surface area contributed by atoms with Gasteiger partial charge < -0.3 is 15.5 Å². The molecule has 0 radical (unpaired) electrons. The Bertz CT molecular complexity index is 353.